The van der Waals surface area contributed by atoms with Gasteiger partial charge in [0, 0.05) is 43.5 Å². The van der Waals surface area contributed by atoms with E-state index in [0.29, 0.717) is 6.04 Å². The summed E-state index contributed by atoms with van der Waals surface area (Å²) in [5, 5.41) is 0. The van der Waals surface area contributed by atoms with E-state index in [1.54, 1.807) is 0 Å². The van der Waals surface area contributed by atoms with Gasteiger partial charge in [-0.25, -0.2) is 0 Å². The Hall–Kier alpha value is -2.13. The van der Waals surface area contributed by atoms with Crippen LogP contribution in [0.1, 0.15) is 40.0 Å². The number of hydrogen-bond donors (Lipinski definition) is 0. The minimum Gasteiger partial charge on any atom is -0.369 e. The van der Waals surface area contributed by atoms with E-state index in [9.17, 15) is 4.79 Å². The van der Waals surface area contributed by atoms with Crippen LogP contribution in [-0.4, -0.2) is 37.4 Å². The average molecular weight is 322 g/mol. The molecule has 0 saturated carbocycles. The molecule has 0 radical (unpaired) electrons. The number of rotatable bonds is 4. The Kier molecular flexibility index (Phi) is 5.00. The van der Waals surface area contributed by atoms with Crippen LogP contribution in [0.2, 0.25) is 0 Å². The van der Waals surface area contributed by atoms with Crippen LogP contribution in [0.5, 0.6) is 0 Å². The first-order valence-electron chi connectivity index (χ1n) is 8.70. The van der Waals surface area contributed by atoms with Gasteiger partial charge in [-0.05, 0) is 49.6 Å². The Labute approximate surface area is 144 Å². The third kappa shape index (κ3) is 3.36. The van der Waals surface area contributed by atoms with Crippen LogP contribution in [0, 0.1) is 13.8 Å². The highest BCUT2D eigenvalue weighted by Gasteiger charge is 2.23. The van der Waals surface area contributed by atoms with Gasteiger partial charge >= 0.3 is 0 Å². The summed E-state index contributed by atoms with van der Waals surface area (Å²) in [6, 6.07) is 15.2. The molecule has 126 valence electrons. The molecule has 0 aromatic heterocycles. The molecule has 0 bridgehead atoms. The van der Waals surface area contributed by atoms with E-state index in [-0.39, 0.29) is 0 Å². The molecule has 0 N–H and O–H groups in total. The fraction of sp³-hybridized carbons (Fsp3) is 0.381. The van der Waals surface area contributed by atoms with Gasteiger partial charge in [0.1, 0.15) is 6.29 Å². The fourth-order valence-corrected chi connectivity index (χ4v) is 3.83. The van der Waals surface area contributed by atoms with Crippen LogP contribution in [0.4, 0.5) is 5.69 Å². The number of carbonyl (C=O) groups is 1. The van der Waals surface area contributed by atoms with Crippen molar-refractivity contribution < 1.29 is 4.79 Å². The van der Waals surface area contributed by atoms with Crippen molar-refractivity contribution in [1.29, 1.82) is 0 Å². The molecule has 0 unspecified atom stereocenters. The summed E-state index contributed by atoms with van der Waals surface area (Å²) in [6.07, 6.45) is 0.934. The summed E-state index contributed by atoms with van der Waals surface area (Å²) in [4.78, 5) is 16.0. The molecule has 2 aromatic rings. The molecule has 2 aromatic carbocycles. The van der Waals surface area contributed by atoms with Crippen molar-refractivity contribution in [1.82, 2.24) is 4.90 Å². The number of hydrogen-bond acceptors (Lipinski definition) is 3. The van der Waals surface area contributed by atoms with E-state index in [1.807, 2.05) is 12.1 Å². The van der Waals surface area contributed by atoms with Crippen molar-refractivity contribution in [2.24, 2.45) is 0 Å². The van der Waals surface area contributed by atoms with Crippen LogP contribution < -0.4 is 4.90 Å². The maximum atomic E-state index is 11.0. The standard InChI is InChI=1S/C21H26N2O/c1-16-13-19(15-24)14-17(2)21(16)23-11-9-22(10-12-23)18(3)20-7-5-4-6-8-20/h4-8,13-15,18H,9-12H2,1-3H3/t18-/m0/s1. The van der Waals surface area contributed by atoms with Crippen molar-refractivity contribution in [3.05, 3.63) is 64.7 Å². The number of benzene rings is 2. The quantitative estimate of drug-likeness (QED) is 0.795. The summed E-state index contributed by atoms with van der Waals surface area (Å²) in [5.41, 5.74) is 5.84. The van der Waals surface area contributed by atoms with Gasteiger partial charge in [0.2, 0.25) is 0 Å². The molecular formula is C21H26N2O. The van der Waals surface area contributed by atoms with E-state index in [1.165, 1.54) is 22.4 Å². The fourth-order valence-electron chi connectivity index (χ4n) is 3.83. The maximum Gasteiger partial charge on any atom is 0.150 e. The average Bonchev–Trinajstić information content (AvgIpc) is 2.61. The van der Waals surface area contributed by atoms with Gasteiger partial charge in [-0.15, -0.1) is 0 Å². The second kappa shape index (κ2) is 7.18. The van der Waals surface area contributed by atoms with Crippen LogP contribution in [0.15, 0.2) is 42.5 Å². The molecule has 1 atom stereocenters. The highest BCUT2D eigenvalue weighted by molar-refractivity contribution is 5.78. The zero-order valence-electron chi connectivity index (χ0n) is 14.8. The number of nitrogens with zero attached hydrogens (tertiary/aromatic N) is 2. The molecular weight excluding hydrogens is 296 g/mol. The molecule has 1 fully saturated rings. The van der Waals surface area contributed by atoms with Gasteiger partial charge in [0.05, 0.1) is 0 Å². The van der Waals surface area contributed by atoms with Crippen LogP contribution in [-0.2, 0) is 0 Å². The molecule has 1 aliphatic rings. The lowest BCUT2D eigenvalue weighted by Crippen LogP contribution is -2.47. The van der Waals surface area contributed by atoms with Crippen molar-refractivity contribution in [2.45, 2.75) is 26.8 Å². The molecule has 0 amide bonds. The summed E-state index contributed by atoms with van der Waals surface area (Å²) < 4.78 is 0. The smallest absolute Gasteiger partial charge is 0.150 e. The Morgan fingerprint density at radius 2 is 1.54 bits per heavy atom. The van der Waals surface area contributed by atoms with E-state index >= 15 is 0 Å². The van der Waals surface area contributed by atoms with Gasteiger partial charge in [-0.3, -0.25) is 9.69 Å². The lowest BCUT2D eigenvalue weighted by atomic mass is 10.0. The molecule has 1 saturated heterocycles. The lowest BCUT2D eigenvalue weighted by Gasteiger charge is -2.40. The van der Waals surface area contributed by atoms with Gasteiger partial charge in [0.15, 0.2) is 0 Å². The third-order valence-electron chi connectivity index (χ3n) is 5.11. The second-order valence-corrected chi connectivity index (χ2v) is 6.73. The highest BCUT2D eigenvalue weighted by atomic mass is 16.1. The van der Waals surface area contributed by atoms with Crippen LogP contribution in [0.3, 0.4) is 0 Å². The third-order valence-corrected chi connectivity index (χ3v) is 5.11. The lowest BCUT2D eigenvalue weighted by molar-refractivity contribution is 0.112. The zero-order valence-corrected chi connectivity index (χ0v) is 14.8. The molecule has 0 spiro atoms. The predicted molar refractivity (Wildman–Crippen MR) is 99.9 cm³/mol. The minimum absolute atomic E-state index is 0.452. The number of carbonyl (C=O) groups excluding carboxylic acids is 1. The molecule has 0 aliphatic carbocycles. The first-order chi connectivity index (χ1) is 11.6. The summed E-state index contributed by atoms with van der Waals surface area (Å²) in [7, 11) is 0. The van der Waals surface area contributed by atoms with Gasteiger partial charge in [-0.2, -0.15) is 0 Å². The maximum absolute atomic E-state index is 11.0. The van der Waals surface area contributed by atoms with Crippen molar-refractivity contribution >= 4 is 12.0 Å². The molecule has 1 heterocycles. The minimum atomic E-state index is 0.452. The van der Waals surface area contributed by atoms with E-state index in [2.05, 4.69) is 60.9 Å². The predicted octanol–water partition coefficient (Wildman–Crippen LogP) is 4.00. The molecule has 3 rings (SSSR count). The summed E-state index contributed by atoms with van der Waals surface area (Å²) in [6.45, 7) is 10.7. The van der Waals surface area contributed by atoms with Crippen molar-refractivity contribution in [3.63, 3.8) is 0 Å². The molecule has 1 aliphatic heterocycles. The monoisotopic (exact) mass is 322 g/mol. The first-order valence-corrected chi connectivity index (χ1v) is 8.70. The Morgan fingerprint density at radius 3 is 2.08 bits per heavy atom. The van der Waals surface area contributed by atoms with Crippen LogP contribution in [0.25, 0.3) is 0 Å². The Morgan fingerprint density at radius 1 is 0.958 bits per heavy atom. The highest BCUT2D eigenvalue weighted by Crippen LogP contribution is 2.29. The van der Waals surface area contributed by atoms with E-state index < -0.39 is 0 Å². The largest absolute Gasteiger partial charge is 0.369 e. The number of aldehydes is 1. The van der Waals surface area contributed by atoms with Gasteiger partial charge in [0.25, 0.3) is 0 Å². The first kappa shape index (κ1) is 16.7. The Bertz CT molecular complexity index is 680. The van der Waals surface area contributed by atoms with Crippen molar-refractivity contribution in [2.75, 3.05) is 31.1 Å². The topological polar surface area (TPSA) is 23.6 Å². The number of anilines is 1. The summed E-state index contributed by atoms with van der Waals surface area (Å²) >= 11 is 0. The molecule has 3 heteroatoms. The van der Waals surface area contributed by atoms with E-state index in [4.69, 9.17) is 0 Å². The molecule has 3 nitrogen and oxygen atoms in total. The van der Waals surface area contributed by atoms with E-state index in [0.717, 1.165) is 38.0 Å². The van der Waals surface area contributed by atoms with Crippen LogP contribution >= 0.6 is 0 Å². The summed E-state index contributed by atoms with van der Waals surface area (Å²) in [5.74, 6) is 0. The van der Waals surface area contributed by atoms with Gasteiger partial charge in [-0.1, -0.05) is 30.3 Å². The molecule has 24 heavy (non-hydrogen) atoms. The number of piperazine rings is 1. The SMILES string of the molecule is Cc1cc(C=O)cc(C)c1N1CCN([C@@H](C)c2ccccc2)CC1. The van der Waals surface area contributed by atoms with Crippen molar-refractivity contribution in [3.8, 4) is 0 Å². The second-order valence-electron chi connectivity index (χ2n) is 6.73. The Balaban J connectivity index is 1.70. The normalized spacial score (nSPS) is 16.9. The van der Waals surface area contributed by atoms with Gasteiger partial charge < -0.3 is 4.90 Å². The number of aryl methyl sites for hydroxylation is 2. The zero-order chi connectivity index (χ0) is 17.1.